The quantitative estimate of drug-likeness (QED) is 0.704. The highest BCUT2D eigenvalue weighted by Crippen LogP contribution is 2.39. The van der Waals surface area contributed by atoms with Gasteiger partial charge in [-0.15, -0.1) is 0 Å². The standard InChI is InChI=1S/C12H26N2O2/c1-5-14(10(2)8-15-3)12(9-13)6-11(7-12)16-4/h10-11H,5-9,13H2,1-4H3. The molecule has 1 fully saturated rings. The van der Waals surface area contributed by atoms with E-state index in [-0.39, 0.29) is 5.54 Å². The van der Waals surface area contributed by atoms with Crippen LogP contribution in [0.2, 0.25) is 0 Å². The van der Waals surface area contributed by atoms with Gasteiger partial charge in [0.05, 0.1) is 12.7 Å². The predicted octanol–water partition coefficient (Wildman–Crippen LogP) is 0.850. The molecule has 2 N–H and O–H groups in total. The minimum absolute atomic E-state index is 0.132. The van der Waals surface area contributed by atoms with Crippen LogP contribution in [0.25, 0.3) is 0 Å². The number of rotatable bonds is 7. The van der Waals surface area contributed by atoms with E-state index in [2.05, 4.69) is 18.7 Å². The number of likely N-dealkylation sites (N-methyl/N-ethyl adjacent to an activating group) is 1. The second-order valence-corrected chi connectivity index (χ2v) is 4.78. The second kappa shape index (κ2) is 5.96. The molecular formula is C12H26N2O2. The molecular weight excluding hydrogens is 204 g/mol. The summed E-state index contributed by atoms with van der Waals surface area (Å²) in [4.78, 5) is 2.46. The Labute approximate surface area is 99.1 Å². The lowest BCUT2D eigenvalue weighted by Crippen LogP contribution is -2.66. The van der Waals surface area contributed by atoms with Crippen molar-refractivity contribution >= 4 is 0 Å². The van der Waals surface area contributed by atoms with Gasteiger partial charge in [0.1, 0.15) is 0 Å². The van der Waals surface area contributed by atoms with Gasteiger partial charge in [0.2, 0.25) is 0 Å². The number of nitrogens with two attached hydrogens (primary N) is 1. The van der Waals surface area contributed by atoms with Gasteiger partial charge in [-0.1, -0.05) is 6.92 Å². The van der Waals surface area contributed by atoms with Gasteiger partial charge in [-0.2, -0.15) is 0 Å². The highest BCUT2D eigenvalue weighted by atomic mass is 16.5. The largest absolute Gasteiger partial charge is 0.383 e. The lowest BCUT2D eigenvalue weighted by molar-refractivity contribution is -0.105. The van der Waals surface area contributed by atoms with Gasteiger partial charge in [-0.3, -0.25) is 4.90 Å². The molecule has 0 heterocycles. The van der Waals surface area contributed by atoms with Crippen molar-refractivity contribution in [2.75, 3.05) is 33.9 Å². The zero-order valence-electron chi connectivity index (χ0n) is 11.0. The first kappa shape index (κ1) is 13.9. The van der Waals surface area contributed by atoms with E-state index in [1.54, 1.807) is 14.2 Å². The van der Waals surface area contributed by atoms with Crippen molar-refractivity contribution in [1.29, 1.82) is 0 Å². The van der Waals surface area contributed by atoms with Gasteiger partial charge in [-0.05, 0) is 26.3 Å². The minimum atomic E-state index is 0.132. The maximum absolute atomic E-state index is 5.96. The number of nitrogens with zero attached hydrogens (tertiary/aromatic N) is 1. The molecule has 0 aliphatic heterocycles. The number of hydrogen-bond acceptors (Lipinski definition) is 4. The summed E-state index contributed by atoms with van der Waals surface area (Å²) >= 11 is 0. The van der Waals surface area contributed by atoms with E-state index in [1.807, 2.05) is 0 Å². The van der Waals surface area contributed by atoms with Crippen molar-refractivity contribution in [1.82, 2.24) is 4.90 Å². The van der Waals surface area contributed by atoms with Crippen molar-refractivity contribution in [2.24, 2.45) is 5.73 Å². The van der Waals surface area contributed by atoms with Crippen LogP contribution in [0, 0.1) is 0 Å². The molecule has 1 rings (SSSR count). The number of hydrogen-bond donors (Lipinski definition) is 1. The maximum Gasteiger partial charge on any atom is 0.0615 e. The molecule has 1 saturated carbocycles. The maximum atomic E-state index is 5.96. The zero-order chi connectivity index (χ0) is 12.2. The van der Waals surface area contributed by atoms with Crippen LogP contribution in [-0.2, 0) is 9.47 Å². The van der Waals surface area contributed by atoms with Crippen LogP contribution in [-0.4, -0.2) is 56.5 Å². The van der Waals surface area contributed by atoms with Crippen molar-refractivity contribution < 1.29 is 9.47 Å². The molecule has 1 aliphatic rings. The minimum Gasteiger partial charge on any atom is -0.383 e. The molecule has 0 aromatic rings. The third kappa shape index (κ3) is 2.56. The van der Waals surface area contributed by atoms with Crippen LogP contribution in [0.3, 0.4) is 0 Å². The monoisotopic (exact) mass is 230 g/mol. The first-order valence-electron chi connectivity index (χ1n) is 6.12. The topological polar surface area (TPSA) is 47.7 Å². The molecule has 1 aliphatic carbocycles. The summed E-state index contributed by atoms with van der Waals surface area (Å²) in [6.07, 6.45) is 2.47. The van der Waals surface area contributed by atoms with Gasteiger partial charge in [0.25, 0.3) is 0 Å². The number of ether oxygens (including phenoxy) is 2. The van der Waals surface area contributed by atoms with Crippen molar-refractivity contribution in [3.8, 4) is 0 Å². The van der Waals surface area contributed by atoms with Gasteiger partial charge in [0, 0.05) is 32.3 Å². The average Bonchev–Trinajstić information content (AvgIpc) is 2.23. The molecule has 4 heteroatoms. The Morgan fingerprint density at radius 1 is 1.44 bits per heavy atom. The second-order valence-electron chi connectivity index (χ2n) is 4.78. The van der Waals surface area contributed by atoms with Crippen molar-refractivity contribution in [3.63, 3.8) is 0 Å². The van der Waals surface area contributed by atoms with E-state index in [1.165, 1.54) is 0 Å². The Morgan fingerprint density at radius 2 is 2.06 bits per heavy atom. The smallest absolute Gasteiger partial charge is 0.0615 e. The van der Waals surface area contributed by atoms with Crippen LogP contribution in [0.4, 0.5) is 0 Å². The highest BCUT2D eigenvalue weighted by molar-refractivity contribution is 5.05. The molecule has 1 atom stereocenters. The van der Waals surface area contributed by atoms with E-state index in [9.17, 15) is 0 Å². The lowest BCUT2D eigenvalue weighted by atomic mass is 9.72. The summed E-state index contributed by atoms with van der Waals surface area (Å²) in [5.41, 5.74) is 6.09. The normalized spacial score (nSPS) is 31.5. The Balaban J connectivity index is 2.63. The Kier molecular flexibility index (Phi) is 5.18. The molecule has 96 valence electrons. The van der Waals surface area contributed by atoms with E-state index in [0.29, 0.717) is 18.7 Å². The lowest BCUT2D eigenvalue weighted by Gasteiger charge is -2.55. The molecule has 1 unspecified atom stereocenters. The SMILES string of the molecule is CCN(C(C)COC)C1(CN)CC(OC)C1. The van der Waals surface area contributed by atoms with Gasteiger partial charge >= 0.3 is 0 Å². The third-order valence-corrected chi connectivity index (χ3v) is 3.82. The molecule has 0 spiro atoms. The molecule has 0 bridgehead atoms. The molecule has 0 saturated heterocycles. The van der Waals surface area contributed by atoms with Crippen molar-refractivity contribution in [2.45, 2.75) is 44.4 Å². The van der Waals surface area contributed by atoms with Crippen LogP contribution in [0.1, 0.15) is 26.7 Å². The average molecular weight is 230 g/mol. The molecule has 0 aromatic heterocycles. The Hall–Kier alpha value is -0.160. The zero-order valence-corrected chi connectivity index (χ0v) is 11.0. The predicted molar refractivity (Wildman–Crippen MR) is 65.5 cm³/mol. The third-order valence-electron chi connectivity index (χ3n) is 3.82. The summed E-state index contributed by atoms with van der Waals surface area (Å²) in [7, 11) is 3.53. The Bertz CT molecular complexity index is 205. The molecule has 16 heavy (non-hydrogen) atoms. The summed E-state index contributed by atoms with van der Waals surface area (Å²) in [5, 5.41) is 0. The molecule has 4 nitrogen and oxygen atoms in total. The highest BCUT2D eigenvalue weighted by Gasteiger charge is 2.48. The van der Waals surface area contributed by atoms with Crippen molar-refractivity contribution in [3.05, 3.63) is 0 Å². The van der Waals surface area contributed by atoms with Gasteiger partial charge in [0.15, 0.2) is 0 Å². The van der Waals surface area contributed by atoms with E-state index in [4.69, 9.17) is 15.2 Å². The Morgan fingerprint density at radius 3 is 2.44 bits per heavy atom. The van der Waals surface area contributed by atoms with Gasteiger partial charge in [-0.25, -0.2) is 0 Å². The van der Waals surface area contributed by atoms with Crippen LogP contribution < -0.4 is 5.73 Å². The fourth-order valence-corrected chi connectivity index (χ4v) is 2.92. The summed E-state index contributed by atoms with van der Waals surface area (Å²) in [6, 6.07) is 0.413. The fraction of sp³-hybridized carbons (Fsp3) is 1.00. The summed E-state index contributed by atoms with van der Waals surface area (Å²) in [5.74, 6) is 0. The first-order chi connectivity index (χ1) is 7.63. The van der Waals surface area contributed by atoms with E-state index >= 15 is 0 Å². The molecule has 0 aromatic carbocycles. The summed E-state index contributed by atoms with van der Waals surface area (Å²) in [6.45, 7) is 6.86. The molecule has 0 radical (unpaired) electrons. The fourth-order valence-electron chi connectivity index (χ4n) is 2.92. The summed E-state index contributed by atoms with van der Waals surface area (Å²) < 4.78 is 10.6. The molecule has 0 amide bonds. The van der Waals surface area contributed by atoms with Crippen LogP contribution in [0.15, 0.2) is 0 Å². The first-order valence-corrected chi connectivity index (χ1v) is 6.12. The number of methoxy groups -OCH3 is 2. The van der Waals surface area contributed by atoms with Crippen LogP contribution >= 0.6 is 0 Å². The van der Waals surface area contributed by atoms with Crippen LogP contribution in [0.5, 0.6) is 0 Å². The van der Waals surface area contributed by atoms with E-state index in [0.717, 1.165) is 26.0 Å². The van der Waals surface area contributed by atoms with Gasteiger partial charge < -0.3 is 15.2 Å². The van der Waals surface area contributed by atoms with E-state index < -0.39 is 0 Å².